The van der Waals surface area contributed by atoms with Gasteiger partial charge in [-0.3, -0.25) is 14.9 Å². The zero-order valence-corrected chi connectivity index (χ0v) is 20.1. The number of carbonyl (C=O) groups is 2. The molecule has 0 saturated carbocycles. The fourth-order valence-corrected chi connectivity index (χ4v) is 3.41. The number of non-ortho nitro benzene ring substituents is 1. The summed E-state index contributed by atoms with van der Waals surface area (Å²) in [6.45, 7) is 2.14. The molecular weight excluding hydrogens is 502 g/mol. The van der Waals surface area contributed by atoms with Crippen LogP contribution < -0.4 is 19.6 Å². The van der Waals surface area contributed by atoms with Gasteiger partial charge in [-0.05, 0) is 48.9 Å². The molecule has 196 valence electrons. The molecule has 0 aliphatic rings. The Morgan fingerprint density at radius 3 is 2.55 bits per heavy atom. The van der Waals surface area contributed by atoms with E-state index in [2.05, 4.69) is 10.5 Å². The van der Waals surface area contributed by atoms with Crippen molar-refractivity contribution in [3.8, 4) is 17.2 Å². The number of methoxy groups -OCH3 is 1. The van der Waals surface area contributed by atoms with E-state index in [0.717, 1.165) is 0 Å². The molecule has 0 fully saturated rings. The van der Waals surface area contributed by atoms with Crippen LogP contribution in [0.3, 0.4) is 0 Å². The van der Waals surface area contributed by atoms with Gasteiger partial charge in [0.05, 0.1) is 30.9 Å². The Hall–Kier alpha value is -5.33. The first-order valence-corrected chi connectivity index (χ1v) is 11.1. The smallest absolute Gasteiger partial charge is 0.371 e. The normalized spacial score (nSPS) is 11.0. The highest BCUT2D eigenvalue weighted by Gasteiger charge is 2.19. The van der Waals surface area contributed by atoms with E-state index < -0.39 is 16.8 Å². The summed E-state index contributed by atoms with van der Waals surface area (Å²) in [4.78, 5) is 34.0. The molecule has 1 amide bonds. The molecule has 2 aromatic heterocycles. The maximum atomic E-state index is 12.5. The van der Waals surface area contributed by atoms with Crippen molar-refractivity contribution in [2.24, 2.45) is 5.10 Å². The number of furan rings is 2. The van der Waals surface area contributed by atoms with Gasteiger partial charge in [-0.25, -0.2) is 10.2 Å². The van der Waals surface area contributed by atoms with Gasteiger partial charge >= 0.3 is 11.9 Å². The number of carbonyl (C=O) groups excluding carboxylic acids is 1. The number of aromatic carboxylic acids is 1. The Kier molecular flexibility index (Phi) is 7.56. The van der Waals surface area contributed by atoms with Gasteiger partial charge in [0.1, 0.15) is 12.4 Å². The van der Waals surface area contributed by atoms with Gasteiger partial charge < -0.3 is 28.2 Å². The first-order valence-electron chi connectivity index (χ1n) is 11.1. The number of hydrogen-bond donors (Lipinski definition) is 2. The van der Waals surface area contributed by atoms with Crippen LogP contribution in [0.5, 0.6) is 17.2 Å². The third kappa shape index (κ3) is 5.73. The molecule has 2 N–H and O–H groups in total. The predicted octanol–water partition coefficient (Wildman–Crippen LogP) is 4.38. The summed E-state index contributed by atoms with van der Waals surface area (Å²) in [6, 6.07) is 11.6. The predicted molar refractivity (Wildman–Crippen MR) is 132 cm³/mol. The number of nitrogens with zero attached hydrogens (tertiary/aromatic N) is 2. The number of nitro groups is 1. The van der Waals surface area contributed by atoms with Crippen molar-refractivity contribution >= 4 is 34.7 Å². The average Bonchev–Trinajstić information content (AvgIpc) is 3.55. The van der Waals surface area contributed by atoms with E-state index in [-0.39, 0.29) is 35.1 Å². The van der Waals surface area contributed by atoms with Crippen LogP contribution in [0.15, 0.2) is 62.5 Å². The van der Waals surface area contributed by atoms with E-state index in [1.165, 1.54) is 43.7 Å². The van der Waals surface area contributed by atoms with Crippen molar-refractivity contribution < 1.29 is 42.7 Å². The summed E-state index contributed by atoms with van der Waals surface area (Å²) in [5.74, 6) is -0.903. The highest BCUT2D eigenvalue weighted by Crippen LogP contribution is 2.33. The lowest BCUT2D eigenvalue weighted by atomic mass is 10.2. The number of hydrazone groups is 1. The molecule has 0 saturated heterocycles. The minimum absolute atomic E-state index is 0.0116. The minimum Gasteiger partial charge on any atom is -0.493 e. The van der Waals surface area contributed by atoms with Crippen molar-refractivity contribution in [1.29, 1.82) is 0 Å². The minimum atomic E-state index is -1.17. The Morgan fingerprint density at radius 2 is 1.87 bits per heavy atom. The summed E-state index contributed by atoms with van der Waals surface area (Å²) < 4.78 is 27.2. The van der Waals surface area contributed by atoms with E-state index in [0.29, 0.717) is 34.8 Å². The molecule has 0 unspecified atom stereocenters. The summed E-state index contributed by atoms with van der Waals surface area (Å²) in [5, 5.41) is 24.3. The van der Waals surface area contributed by atoms with Crippen LogP contribution in [0.25, 0.3) is 11.0 Å². The van der Waals surface area contributed by atoms with Crippen LogP contribution in [0, 0.1) is 10.1 Å². The summed E-state index contributed by atoms with van der Waals surface area (Å²) in [5.41, 5.74) is 2.91. The van der Waals surface area contributed by atoms with E-state index in [4.69, 9.17) is 28.2 Å². The molecule has 2 heterocycles. The lowest BCUT2D eigenvalue weighted by Gasteiger charge is -2.11. The fourth-order valence-electron chi connectivity index (χ4n) is 3.41. The lowest BCUT2D eigenvalue weighted by molar-refractivity contribution is -0.384. The number of nitrogens with one attached hydrogen (secondary N) is 1. The van der Waals surface area contributed by atoms with E-state index in [9.17, 15) is 19.7 Å². The topological polar surface area (TPSA) is 176 Å². The third-order valence-electron chi connectivity index (χ3n) is 5.11. The van der Waals surface area contributed by atoms with Gasteiger partial charge in [0.15, 0.2) is 28.6 Å². The number of nitro benzene ring substituents is 1. The number of amides is 1. The zero-order chi connectivity index (χ0) is 27.2. The summed E-state index contributed by atoms with van der Waals surface area (Å²) in [6.07, 6.45) is 1.38. The highest BCUT2D eigenvalue weighted by atomic mass is 16.6. The van der Waals surface area contributed by atoms with Gasteiger partial charge in [-0.2, -0.15) is 5.10 Å². The Morgan fingerprint density at radius 1 is 1.05 bits per heavy atom. The van der Waals surface area contributed by atoms with Crippen LogP contribution in [0.4, 0.5) is 5.69 Å². The Bertz CT molecular complexity index is 1540. The van der Waals surface area contributed by atoms with E-state index in [1.807, 2.05) is 0 Å². The number of fused-ring (bicyclic) bond motifs is 1. The maximum Gasteiger partial charge on any atom is 0.371 e. The van der Waals surface area contributed by atoms with Crippen LogP contribution in [-0.4, -0.2) is 41.8 Å². The molecule has 0 radical (unpaired) electrons. The third-order valence-corrected chi connectivity index (χ3v) is 5.11. The quantitative estimate of drug-likeness (QED) is 0.163. The highest BCUT2D eigenvalue weighted by molar-refractivity contribution is 5.98. The molecule has 13 nitrogen and oxygen atoms in total. The molecule has 0 aliphatic carbocycles. The van der Waals surface area contributed by atoms with E-state index in [1.54, 1.807) is 25.1 Å². The monoisotopic (exact) mass is 523 g/mol. The van der Waals surface area contributed by atoms with Crippen molar-refractivity contribution in [1.82, 2.24) is 5.43 Å². The number of ether oxygens (including phenoxy) is 3. The zero-order valence-electron chi connectivity index (χ0n) is 20.1. The Labute approximate surface area is 214 Å². The van der Waals surface area contributed by atoms with Gasteiger partial charge in [0.25, 0.3) is 5.69 Å². The van der Waals surface area contributed by atoms with Gasteiger partial charge in [-0.15, -0.1) is 0 Å². The van der Waals surface area contributed by atoms with Crippen molar-refractivity contribution in [2.45, 2.75) is 13.5 Å². The standard InChI is InChI=1S/C25H21N3O10/c1-3-35-20-8-14(4-6-18(20)36-13-17-5-7-19(37-17)25(30)31)12-26-27-24(29)22-10-15-9-16(28(32)33)11-21(34-2)23(15)38-22/h4-12H,3,13H2,1-2H3,(H,27,29)(H,30,31). The van der Waals surface area contributed by atoms with Gasteiger partial charge in [0.2, 0.25) is 5.76 Å². The molecule has 4 aromatic rings. The van der Waals surface area contributed by atoms with Crippen LogP contribution in [0.1, 0.15) is 39.4 Å². The van der Waals surface area contributed by atoms with Crippen LogP contribution in [-0.2, 0) is 6.61 Å². The second-order valence-electron chi connectivity index (χ2n) is 7.63. The summed E-state index contributed by atoms with van der Waals surface area (Å²) in [7, 11) is 1.34. The molecule has 0 aliphatic heterocycles. The average molecular weight is 523 g/mol. The number of benzene rings is 2. The molecule has 0 atom stereocenters. The number of carboxylic acids is 1. The first-order chi connectivity index (χ1) is 18.3. The van der Waals surface area contributed by atoms with Crippen LogP contribution in [0.2, 0.25) is 0 Å². The lowest BCUT2D eigenvalue weighted by Crippen LogP contribution is -2.16. The van der Waals surface area contributed by atoms with Gasteiger partial charge in [0, 0.05) is 11.5 Å². The maximum absolute atomic E-state index is 12.5. The number of rotatable bonds is 11. The number of hydrogen-bond acceptors (Lipinski definition) is 10. The van der Waals surface area contributed by atoms with Gasteiger partial charge in [-0.1, -0.05) is 0 Å². The van der Waals surface area contributed by atoms with Crippen molar-refractivity contribution in [2.75, 3.05) is 13.7 Å². The second-order valence-corrected chi connectivity index (χ2v) is 7.63. The second kappa shape index (κ2) is 11.2. The largest absolute Gasteiger partial charge is 0.493 e. The van der Waals surface area contributed by atoms with Crippen molar-refractivity contribution in [3.05, 3.63) is 81.5 Å². The molecule has 0 bridgehead atoms. The molecule has 13 heteroatoms. The van der Waals surface area contributed by atoms with E-state index >= 15 is 0 Å². The molecular formula is C25H21N3O10. The number of carboxylic acid groups (broad SMARTS) is 1. The van der Waals surface area contributed by atoms with Crippen molar-refractivity contribution in [3.63, 3.8) is 0 Å². The van der Waals surface area contributed by atoms with Crippen LogP contribution >= 0.6 is 0 Å². The SMILES string of the molecule is CCOc1cc(C=NNC(=O)c2cc3cc([N+](=O)[O-])cc(OC)c3o2)ccc1OCc1ccc(C(=O)O)o1. The molecule has 38 heavy (non-hydrogen) atoms. The molecule has 2 aromatic carbocycles. The molecule has 0 spiro atoms. The first kappa shape index (κ1) is 25.8. The summed E-state index contributed by atoms with van der Waals surface area (Å²) >= 11 is 0. The molecule has 4 rings (SSSR count). The fraction of sp³-hybridized carbons (Fsp3) is 0.160. The Balaban J connectivity index is 1.44.